The van der Waals surface area contributed by atoms with Crippen LogP contribution in [0.4, 0.5) is 11.4 Å². The Morgan fingerprint density at radius 3 is 1.86 bits per heavy atom. The van der Waals surface area contributed by atoms with Crippen molar-refractivity contribution in [2.45, 2.75) is 6.61 Å². The minimum atomic E-state index is -0.797. The Labute approximate surface area is 162 Å². The fraction of sp³-hybridized carbons (Fsp3) is 0.0455. The van der Waals surface area contributed by atoms with Crippen molar-refractivity contribution in [3.05, 3.63) is 90.0 Å². The van der Waals surface area contributed by atoms with Crippen molar-refractivity contribution in [3.8, 4) is 11.8 Å². The molecule has 0 atom stereocenters. The van der Waals surface area contributed by atoms with Crippen molar-refractivity contribution >= 4 is 23.2 Å². The number of benzene rings is 3. The van der Waals surface area contributed by atoms with Crippen LogP contribution in [0.3, 0.4) is 0 Å². The summed E-state index contributed by atoms with van der Waals surface area (Å²) in [6, 6.07) is 24.8. The van der Waals surface area contributed by atoms with E-state index in [1.165, 1.54) is 0 Å². The zero-order chi connectivity index (χ0) is 19.8. The minimum Gasteiger partial charge on any atom is -0.489 e. The van der Waals surface area contributed by atoms with Gasteiger partial charge in [0.05, 0.1) is 11.6 Å². The number of nitriles is 1. The van der Waals surface area contributed by atoms with Crippen molar-refractivity contribution in [2.75, 3.05) is 10.6 Å². The average Bonchev–Trinajstić information content (AvgIpc) is 2.74. The molecule has 138 valence electrons. The molecule has 0 spiro atoms. The van der Waals surface area contributed by atoms with E-state index in [2.05, 4.69) is 10.6 Å². The molecule has 0 aliphatic rings. The monoisotopic (exact) mass is 371 g/mol. The molecule has 0 saturated heterocycles. The van der Waals surface area contributed by atoms with Crippen molar-refractivity contribution in [3.63, 3.8) is 0 Å². The fourth-order valence-electron chi connectivity index (χ4n) is 2.38. The molecule has 0 aliphatic heterocycles. The Kier molecular flexibility index (Phi) is 6.01. The third kappa shape index (κ3) is 5.19. The van der Waals surface area contributed by atoms with Gasteiger partial charge in [0.15, 0.2) is 0 Å². The molecular formula is C22H17N3O3. The average molecular weight is 371 g/mol. The predicted molar refractivity (Wildman–Crippen MR) is 106 cm³/mol. The lowest BCUT2D eigenvalue weighted by Gasteiger charge is -2.09. The molecule has 0 fully saturated rings. The summed E-state index contributed by atoms with van der Waals surface area (Å²) in [6.45, 7) is 0.444. The van der Waals surface area contributed by atoms with Crippen LogP contribution in [-0.4, -0.2) is 11.8 Å². The molecule has 3 rings (SSSR count). The molecule has 3 aromatic rings. The molecule has 2 N–H and O–H groups in total. The second-order valence-electron chi connectivity index (χ2n) is 5.90. The maximum atomic E-state index is 12.0. The zero-order valence-electron chi connectivity index (χ0n) is 14.9. The van der Waals surface area contributed by atoms with E-state index in [0.29, 0.717) is 29.3 Å². The van der Waals surface area contributed by atoms with Crippen LogP contribution < -0.4 is 15.4 Å². The molecule has 0 radical (unpaired) electrons. The molecule has 0 aromatic heterocycles. The lowest BCUT2D eigenvalue weighted by atomic mass is 10.2. The molecule has 28 heavy (non-hydrogen) atoms. The van der Waals surface area contributed by atoms with E-state index < -0.39 is 11.8 Å². The zero-order valence-corrected chi connectivity index (χ0v) is 14.9. The number of carbonyl (C=O) groups excluding carboxylic acids is 2. The maximum absolute atomic E-state index is 12.0. The second-order valence-corrected chi connectivity index (χ2v) is 5.90. The van der Waals surface area contributed by atoms with Crippen LogP contribution in [0.5, 0.6) is 5.75 Å². The molecule has 2 amide bonds. The van der Waals surface area contributed by atoms with Gasteiger partial charge in [-0.05, 0) is 54.1 Å². The Hall–Kier alpha value is -4.11. The summed E-state index contributed by atoms with van der Waals surface area (Å²) in [5.41, 5.74) is 2.44. The summed E-state index contributed by atoms with van der Waals surface area (Å²) < 4.78 is 5.68. The Morgan fingerprint density at radius 1 is 0.786 bits per heavy atom. The smallest absolute Gasteiger partial charge is 0.314 e. The molecule has 0 aliphatic carbocycles. The first-order valence-electron chi connectivity index (χ1n) is 8.53. The Bertz CT molecular complexity index is 992. The van der Waals surface area contributed by atoms with Crippen LogP contribution in [-0.2, 0) is 16.2 Å². The summed E-state index contributed by atoms with van der Waals surface area (Å²) in [5, 5.41) is 13.8. The third-order valence-electron chi connectivity index (χ3n) is 3.84. The van der Waals surface area contributed by atoms with Gasteiger partial charge in [-0.2, -0.15) is 5.26 Å². The number of rotatable bonds is 5. The van der Waals surface area contributed by atoms with E-state index in [1.807, 2.05) is 36.4 Å². The predicted octanol–water partition coefficient (Wildman–Crippen LogP) is 3.71. The molecule has 0 unspecified atom stereocenters. The first kappa shape index (κ1) is 18.7. The standard InChI is InChI=1S/C22H17N3O3/c23-14-16-6-8-18(9-7-16)24-21(26)22(27)25-19-10-12-20(13-11-19)28-15-17-4-2-1-3-5-17/h1-13H,15H2,(H,24,26)(H,25,27). The van der Waals surface area contributed by atoms with Gasteiger partial charge in [0, 0.05) is 11.4 Å². The van der Waals surface area contributed by atoms with Crippen molar-refractivity contribution in [1.82, 2.24) is 0 Å². The van der Waals surface area contributed by atoms with Crippen molar-refractivity contribution < 1.29 is 14.3 Å². The van der Waals surface area contributed by atoms with Gasteiger partial charge in [-0.15, -0.1) is 0 Å². The number of nitrogens with one attached hydrogen (secondary N) is 2. The summed E-state index contributed by atoms with van der Waals surface area (Å²) in [6.07, 6.45) is 0. The topological polar surface area (TPSA) is 91.2 Å². The van der Waals surface area contributed by atoms with Crippen LogP contribution in [0.25, 0.3) is 0 Å². The third-order valence-corrected chi connectivity index (χ3v) is 3.84. The highest BCUT2D eigenvalue weighted by molar-refractivity contribution is 6.43. The molecule has 0 heterocycles. The minimum absolute atomic E-state index is 0.434. The SMILES string of the molecule is N#Cc1ccc(NC(=O)C(=O)Nc2ccc(OCc3ccccc3)cc2)cc1. The number of anilines is 2. The maximum Gasteiger partial charge on any atom is 0.314 e. The molecule has 0 saturated carbocycles. The molecule has 6 heteroatoms. The molecule has 0 bridgehead atoms. The number of hydrogen-bond acceptors (Lipinski definition) is 4. The number of nitrogens with zero attached hydrogens (tertiary/aromatic N) is 1. The van der Waals surface area contributed by atoms with Crippen molar-refractivity contribution in [2.24, 2.45) is 0 Å². The van der Waals surface area contributed by atoms with Gasteiger partial charge in [-0.1, -0.05) is 30.3 Å². The van der Waals surface area contributed by atoms with Crippen LogP contribution in [0.2, 0.25) is 0 Å². The highest BCUT2D eigenvalue weighted by atomic mass is 16.5. The van der Waals surface area contributed by atoms with Gasteiger partial charge in [-0.25, -0.2) is 0 Å². The number of hydrogen-bond donors (Lipinski definition) is 2. The first-order chi connectivity index (χ1) is 13.6. The highest BCUT2D eigenvalue weighted by Gasteiger charge is 2.14. The van der Waals surface area contributed by atoms with Crippen molar-refractivity contribution in [1.29, 1.82) is 5.26 Å². The summed E-state index contributed by atoms with van der Waals surface area (Å²) in [7, 11) is 0. The lowest BCUT2D eigenvalue weighted by molar-refractivity contribution is -0.132. The van der Waals surface area contributed by atoms with Gasteiger partial charge < -0.3 is 15.4 Å². The van der Waals surface area contributed by atoms with Crippen LogP contribution >= 0.6 is 0 Å². The number of carbonyl (C=O) groups is 2. The molecular weight excluding hydrogens is 354 g/mol. The van der Waals surface area contributed by atoms with E-state index in [-0.39, 0.29) is 0 Å². The van der Waals surface area contributed by atoms with Gasteiger partial charge in [0.2, 0.25) is 0 Å². The van der Waals surface area contributed by atoms with E-state index >= 15 is 0 Å². The largest absolute Gasteiger partial charge is 0.489 e. The number of amides is 2. The highest BCUT2D eigenvalue weighted by Crippen LogP contribution is 2.17. The van der Waals surface area contributed by atoms with E-state index in [0.717, 1.165) is 5.56 Å². The summed E-state index contributed by atoms with van der Waals surface area (Å²) >= 11 is 0. The van der Waals surface area contributed by atoms with Crippen LogP contribution in [0.1, 0.15) is 11.1 Å². The summed E-state index contributed by atoms with van der Waals surface area (Å²) in [5.74, 6) is -0.930. The lowest BCUT2D eigenvalue weighted by Crippen LogP contribution is -2.29. The second kappa shape index (κ2) is 9.01. The van der Waals surface area contributed by atoms with Gasteiger partial charge >= 0.3 is 11.8 Å². The van der Waals surface area contributed by atoms with E-state index in [1.54, 1.807) is 48.5 Å². The normalized spacial score (nSPS) is 9.82. The number of ether oxygens (including phenoxy) is 1. The summed E-state index contributed by atoms with van der Waals surface area (Å²) in [4.78, 5) is 24.0. The Balaban J connectivity index is 1.51. The van der Waals surface area contributed by atoms with Crippen LogP contribution in [0.15, 0.2) is 78.9 Å². The molecule has 3 aromatic carbocycles. The van der Waals surface area contributed by atoms with Gasteiger partial charge in [-0.3, -0.25) is 9.59 Å². The Morgan fingerprint density at radius 2 is 1.32 bits per heavy atom. The fourth-order valence-corrected chi connectivity index (χ4v) is 2.38. The quantitative estimate of drug-likeness (QED) is 0.669. The first-order valence-corrected chi connectivity index (χ1v) is 8.53. The van der Waals surface area contributed by atoms with Gasteiger partial charge in [0.25, 0.3) is 0 Å². The molecule has 6 nitrogen and oxygen atoms in total. The van der Waals surface area contributed by atoms with Gasteiger partial charge in [0.1, 0.15) is 12.4 Å². The van der Waals surface area contributed by atoms with E-state index in [9.17, 15) is 9.59 Å². The van der Waals surface area contributed by atoms with Crippen LogP contribution in [0, 0.1) is 11.3 Å². The van der Waals surface area contributed by atoms with E-state index in [4.69, 9.17) is 10.00 Å².